The second kappa shape index (κ2) is 5.47. The number of likely N-dealkylation sites (tertiary alicyclic amines) is 1. The minimum absolute atomic E-state index is 0.155. The van der Waals surface area contributed by atoms with Crippen LogP contribution in [0.3, 0.4) is 0 Å². The van der Waals surface area contributed by atoms with E-state index in [0.29, 0.717) is 5.92 Å². The number of carbonyl (C=O) groups excluding carboxylic acids is 1. The van der Waals surface area contributed by atoms with Crippen LogP contribution >= 0.6 is 0 Å². The monoisotopic (exact) mass is 282 g/mol. The van der Waals surface area contributed by atoms with E-state index in [4.69, 9.17) is 0 Å². The molecule has 2 aromatic rings. The molecule has 0 spiro atoms. The SMILES string of the molecule is Cc1ccc2nc(C)cc(C(=O)N3CCCC(C)C3)c2c1. The second-order valence-electron chi connectivity index (χ2n) is 6.33. The number of hydrogen-bond acceptors (Lipinski definition) is 2. The molecule has 1 unspecified atom stereocenters. The van der Waals surface area contributed by atoms with Crippen LogP contribution in [0.25, 0.3) is 10.9 Å². The van der Waals surface area contributed by atoms with Crippen molar-refractivity contribution in [3.05, 3.63) is 41.1 Å². The first kappa shape index (κ1) is 14.1. The lowest BCUT2D eigenvalue weighted by atomic mass is 9.98. The molecule has 1 aliphatic heterocycles. The number of aryl methyl sites for hydroxylation is 2. The maximum Gasteiger partial charge on any atom is 0.254 e. The molecule has 1 aromatic carbocycles. The topological polar surface area (TPSA) is 33.2 Å². The third-order valence-corrected chi connectivity index (χ3v) is 4.27. The van der Waals surface area contributed by atoms with E-state index in [1.54, 1.807) is 0 Å². The van der Waals surface area contributed by atoms with Gasteiger partial charge in [-0.3, -0.25) is 9.78 Å². The van der Waals surface area contributed by atoms with E-state index in [9.17, 15) is 4.79 Å². The van der Waals surface area contributed by atoms with Gasteiger partial charge in [-0.15, -0.1) is 0 Å². The average molecular weight is 282 g/mol. The van der Waals surface area contributed by atoms with Gasteiger partial charge in [-0.05, 0) is 50.8 Å². The summed E-state index contributed by atoms with van der Waals surface area (Å²) in [6.07, 6.45) is 2.33. The molecular formula is C18H22N2O. The molecule has 2 heterocycles. The van der Waals surface area contributed by atoms with E-state index in [2.05, 4.69) is 24.9 Å². The maximum absolute atomic E-state index is 12.9. The summed E-state index contributed by atoms with van der Waals surface area (Å²) >= 11 is 0. The van der Waals surface area contributed by atoms with Crippen molar-refractivity contribution in [1.29, 1.82) is 0 Å². The molecule has 1 atom stereocenters. The Labute approximate surface area is 126 Å². The molecule has 1 aliphatic rings. The van der Waals surface area contributed by atoms with Crippen molar-refractivity contribution in [2.45, 2.75) is 33.6 Å². The van der Waals surface area contributed by atoms with Gasteiger partial charge in [0.25, 0.3) is 5.91 Å². The summed E-state index contributed by atoms with van der Waals surface area (Å²) in [5.41, 5.74) is 3.78. The molecule has 1 amide bonds. The zero-order chi connectivity index (χ0) is 15.0. The van der Waals surface area contributed by atoms with Crippen molar-refractivity contribution >= 4 is 16.8 Å². The standard InChI is InChI=1S/C18H22N2O/c1-12-6-7-17-15(9-12)16(10-14(3)19-17)18(21)20-8-4-5-13(2)11-20/h6-7,9-10,13H,4-5,8,11H2,1-3H3. The van der Waals surface area contributed by atoms with Crippen LogP contribution in [0.5, 0.6) is 0 Å². The van der Waals surface area contributed by atoms with Gasteiger partial charge in [0.05, 0.1) is 11.1 Å². The maximum atomic E-state index is 12.9. The van der Waals surface area contributed by atoms with Crippen LogP contribution < -0.4 is 0 Å². The Kier molecular flexibility index (Phi) is 3.66. The number of hydrogen-bond donors (Lipinski definition) is 0. The van der Waals surface area contributed by atoms with Crippen LogP contribution in [-0.4, -0.2) is 28.9 Å². The molecule has 110 valence electrons. The number of rotatable bonds is 1. The van der Waals surface area contributed by atoms with Gasteiger partial charge in [-0.25, -0.2) is 0 Å². The minimum atomic E-state index is 0.155. The summed E-state index contributed by atoms with van der Waals surface area (Å²) in [7, 11) is 0. The Bertz CT molecular complexity index is 693. The van der Waals surface area contributed by atoms with Gasteiger partial charge in [0.15, 0.2) is 0 Å². The Morgan fingerprint density at radius 1 is 1.29 bits per heavy atom. The molecule has 3 nitrogen and oxygen atoms in total. The van der Waals surface area contributed by atoms with E-state index in [1.807, 2.05) is 30.0 Å². The second-order valence-corrected chi connectivity index (χ2v) is 6.33. The highest BCUT2D eigenvalue weighted by molar-refractivity contribution is 6.06. The van der Waals surface area contributed by atoms with E-state index in [0.717, 1.165) is 47.2 Å². The van der Waals surface area contributed by atoms with Gasteiger partial charge >= 0.3 is 0 Å². The van der Waals surface area contributed by atoms with Crippen LogP contribution in [0.1, 0.15) is 41.4 Å². The number of benzene rings is 1. The van der Waals surface area contributed by atoms with E-state index in [-0.39, 0.29) is 5.91 Å². The highest BCUT2D eigenvalue weighted by Gasteiger charge is 2.23. The largest absolute Gasteiger partial charge is 0.338 e. The lowest BCUT2D eigenvalue weighted by Gasteiger charge is -2.31. The van der Waals surface area contributed by atoms with Gasteiger partial charge < -0.3 is 4.90 Å². The summed E-state index contributed by atoms with van der Waals surface area (Å²) < 4.78 is 0. The molecule has 0 N–H and O–H groups in total. The van der Waals surface area contributed by atoms with Gasteiger partial charge in [0, 0.05) is 24.2 Å². The number of fused-ring (bicyclic) bond motifs is 1. The summed E-state index contributed by atoms with van der Waals surface area (Å²) in [6.45, 7) is 7.97. The normalized spacial score (nSPS) is 19.0. The van der Waals surface area contributed by atoms with Gasteiger partial charge in [0.2, 0.25) is 0 Å². The first-order chi connectivity index (χ1) is 10.0. The van der Waals surface area contributed by atoms with Crippen molar-refractivity contribution in [3.8, 4) is 0 Å². The number of piperidine rings is 1. The number of carbonyl (C=O) groups is 1. The molecule has 0 aliphatic carbocycles. The fourth-order valence-corrected chi connectivity index (χ4v) is 3.19. The van der Waals surface area contributed by atoms with Crippen LogP contribution in [0.15, 0.2) is 24.3 Å². The summed E-state index contributed by atoms with van der Waals surface area (Å²) in [5.74, 6) is 0.751. The van der Waals surface area contributed by atoms with Crippen LogP contribution in [-0.2, 0) is 0 Å². The highest BCUT2D eigenvalue weighted by Crippen LogP contribution is 2.24. The summed E-state index contributed by atoms with van der Waals surface area (Å²) in [4.78, 5) is 19.5. The molecule has 0 radical (unpaired) electrons. The minimum Gasteiger partial charge on any atom is -0.338 e. The molecule has 0 saturated carbocycles. The molecule has 21 heavy (non-hydrogen) atoms. The van der Waals surface area contributed by atoms with Crippen molar-refractivity contribution in [3.63, 3.8) is 0 Å². The van der Waals surface area contributed by atoms with E-state index >= 15 is 0 Å². The predicted octanol–water partition coefficient (Wildman–Crippen LogP) is 3.72. The van der Waals surface area contributed by atoms with Crippen molar-refractivity contribution in [1.82, 2.24) is 9.88 Å². The average Bonchev–Trinajstić information content (AvgIpc) is 2.46. The van der Waals surface area contributed by atoms with Gasteiger partial charge in [0.1, 0.15) is 0 Å². The Hall–Kier alpha value is -1.90. The highest BCUT2D eigenvalue weighted by atomic mass is 16.2. The molecule has 1 aromatic heterocycles. The Balaban J connectivity index is 2.06. The van der Waals surface area contributed by atoms with Crippen molar-refractivity contribution in [2.75, 3.05) is 13.1 Å². The van der Waals surface area contributed by atoms with Crippen LogP contribution in [0.2, 0.25) is 0 Å². The number of amides is 1. The van der Waals surface area contributed by atoms with E-state index < -0.39 is 0 Å². The third-order valence-electron chi connectivity index (χ3n) is 4.27. The lowest BCUT2D eigenvalue weighted by molar-refractivity contribution is 0.0685. The molecule has 1 fully saturated rings. The van der Waals surface area contributed by atoms with Crippen LogP contribution in [0, 0.1) is 19.8 Å². The zero-order valence-corrected chi connectivity index (χ0v) is 13.0. The first-order valence-electron chi connectivity index (χ1n) is 7.72. The molecule has 1 saturated heterocycles. The van der Waals surface area contributed by atoms with Crippen molar-refractivity contribution < 1.29 is 4.79 Å². The fourth-order valence-electron chi connectivity index (χ4n) is 3.19. The van der Waals surface area contributed by atoms with Crippen LogP contribution in [0.4, 0.5) is 0 Å². The quantitative estimate of drug-likeness (QED) is 0.798. The number of pyridine rings is 1. The predicted molar refractivity (Wildman–Crippen MR) is 85.5 cm³/mol. The summed E-state index contributed by atoms with van der Waals surface area (Å²) in [6, 6.07) is 8.06. The molecule has 0 bridgehead atoms. The fraction of sp³-hybridized carbons (Fsp3) is 0.444. The Morgan fingerprint density at radius 3 is 2.86 bits per heavy atom. The van der Waals surface area contributed by atoms with Gasteiger partial charge in [-0.2, -0.15) is 0 Å². The summed E-state index contributed by atoms with van der Waals surface area (Å²) in [5, 5.41) is 0.976. The lowest BCUT2D eigenvalue weighted by Crippen LogP contribution is -2.39. The smallest absolute Gasteiger partial charge is 0.254 e. The van der Waals surface area contributed by atoms with Gasteiger partial charge in [-0.1, -0.05) is 18.6 Å². The molecule has 3 heteroatoms. The third kappa shape index (κ3) is 2.78. The molecular weight excluding hydrogens is 260 g/mol. The molecule has 3 rings (SSSR count). The number of nitrogens with zero attached hydrogens (tertiary/aromatic N) is 2. The number of aromatic nitrogens is 1. The van der Waals surface area contributed by atoms with E-state index in [1.165, 1.54) is 6.42 Å². The van der Waals surface area contributed by atoms with Crippen molar-refractivity contribution in [2.24, 2.45) is 5.92 Å². The first-order valence-corrected chi connectivity index (χ1v) is 7.72. The Morgan fingerprint density at radius 2 is 2.10 bits per heavy atom. The zero-order valence-electron chi connectivity index (χ0n) is 13.0.